The van der Waals surface area contributed by atoms with Gasteiger partial charge in [0.1, 0.15) is 0 Å². The van der Waals surface area contributed by atoms with Gasteiger partial charge in [-0.3, -0.25) is 4.79 Å². The van der Waals surface area contributed by atoms with Crippen LogP contribution >= 0.6 is 23.2 Å². The van der Waals surface area contributed by atoms with E-state index in [2.05, 4.69) is 5.32 Å². The molecule has 0 aromatic heterocycles. The van der Waals surface area contributed by atoms with Gasteiger partial charge in [-0.25, -0.2) is 4.79 Å². The van der Waals surface area contributed by atoms with Crippen LogP contribution in [-0.4, -0.2) is 18.5 Å². The molecule has 0 heterocycles. The summed E-state index contributed by atoms with van der Waals surface area (Å²) in [6, 6.07) is 10.1. The molecular formula is C17H15Cl2NO3. The number of halogens is 2. The summed E-state index contributed by atoms with van der Waals surface area (Å²) < 4.78 is 4.97. The van der Waals surface area contributed by atoms with E-state index in [0.717, 1.165) is 11.1 Å². The molecule has 23 heavy (non-hydrogen) atoms. The average molecular weight is 352 g/mol. The van der Waals surface area contributed by atoms with Crippen LogP contribution in [0.15, 0.2) is 36.4 Å². The molecule has 6 heteroatoms. The van der Waals surface area contributed by atoms with Crippen LogP contribution in [0.25, 0.3) is 0 Å². The lowest BCUT2D eigenvalue weighted by Crippen LogP contribution is -2.21. The maximum Gasteiger partial charge on any atom is 0.338 e. The molecule has 0 radical (unpaired) electrons. The zero-order valence-corrected chi connectivity index (χ0v) is 14.2. The number of hydrogen-bond acceptors (Lipinski definition) is 3. The van der Waals surface area contributed by atoms with Gasteiger partial charge in [0.05, 0.1) is 5.56 Å². The summed E-state index contributed by atoms with van der Waals surface area (Å²) in [7, 11) is 0. The Labute approximate surface area is 144 Å². The zero-order chi connectivity index (χ0) is 17.0. The number of ether oxygens (including phenoxy) is 1. The third kappa shape index (κ3) is 4.98. The highest BCUT2D eigenvalue weighted by Gasteiger charge is 2.12. The van der Waals surface area contributed by atoms with Crippen molar-refractivity contribution < 1.29 is 14.3 Å². The minimum absolute atomic E-state index is 0.196. The Morgan fingerprint density at radius 3 is 2.35 bits per heavy atom. The number of amides is 1. The van der Waals surface area contributed by atoms with Crippen LogP contribution in [0, 0.1) is 13.8 Å². The number of rotatable bonds is 4. The topological polar surface area (TPSA) is 55.4 Å². The summed E-state index contributed by atoms with van der Waals surface area (Å²) >= 11 is 11.6. The smallest absolute Gasteiger partial charge is 0.338 e. The van der Waals surface area contributed by atoms with Crippen LogP contribution in [0.1, 0.15) is 21.5 Å². The van der Waals surface area contributed by atoms with E-state index >= 15 is 0 Å². The highest BCUT2D eigenvalue weighted by molar-refractivity contribution is 6.35. The second-order valence-electron chi connectivity index (χ2n) is 5.10. The first kappa shape index (κ1) is 17.3. The van der Waals surface area contributed by atoms with Crippen molar-refractivity contribution in [2.75, 3.05) is 11.9 Å². The van der Waals surface area contributed by atoms with Gasteiger partial charge in [-0.1, -0.05) is 35.3 Å². The number of carbonyl (C=O) groups excluding carboxylic acids is 2. The molecule has 0 saturated carbocycles. The number of nitrogens with one attached hydrogen (secondary N) is 1. The molecular weight excluding hydrogens is 337 g/mol. The normalized spacial score (nSPS) is 10.3. The van der Waals surface area contributed by atoms with E-state index < -0.39 is 18.5 Å². The molecule has 4 nitrogen and oxygen atoms in total. The maximum absolute atomic E-state index is 11.9. The van der Waals surface area contributed by atoms with Crippen molar-refractivity contribution in [1.82, 2.24) is 0 Å². The number of hydrogen-bond donors (Lipinski definition) is 1. The summed E-state index contributed by atoms with van der Waals surface area (Å²) in [6.07, 6.45) is 0. The first-order chi connectivity index (χ1) is 10.8. The Morgan fingerprint density at radius 2 is 1.70 bits per heavy atom. The summed E-state index contributed by atoms with van der Waals surface area (Å²) in [5.41, 5.74) is 2.84. The lowest BCUT2D eigenvalue weighted by Gasteiger charge is -2.10. The van der Waals surface area contributed by atoms with Gasteiger partial charge in [0.25, 0.3) is 5.91 Å². The largest absolute Gasteiger partial charge is 0.452 e. The maximum atomic E-state index is 11.9. The van der Waals surface area contributed by atoms with Crippen LogP contribution in [-0.2, 0) is 9.53 Å². The van der Waals surface area contributed by atoms with Crippen LogP contribution in [0.5, 0.6) is 0 Å². The molecule has 0 saturated heterocycles. The fraction of sp³-hybridized carbons (Fsp3) is 0.176. The lowest BCUT2D eigenvalue weighted by atomic mass is 10.1. The number of esters is 1. The number of anilines is 1. The summed E-state index contributed by atoms with van der Waals surface area (Å²) in [5.74, 6) is -1.08. The fourth-order valence-electron chi connectivity index (χ4n) is 1.94. The monoisotopic (exact) mass is 351 g/mol. The minimum Gasteiger partial charge on any atom is -0.452 e. The molecule has 0 unspecified atom stereocenters. The third-order valence-corrected chi connectivity index (χ3v) is 3.54. The van der Waals surface area contributed by atoms with Gasteiger partial charge in [-0.2, -0.15) is 0 Å². The van der Waals surface area contributed by atoms with Gasteiger partial charge in [-0.05, 0) is 49.2 Å². The fourth-order valence-corrected chi connectivity index (χ4v) is 2.47. The van der Waals surface area contributed by atoms with Crippen molar-refractivity contribution >= 4 is 40.8 Å². The summed E-state index contributed by atoms with van der Waals surface area (Å²) in [6.45, 7) is 3.42. The van der Waals surface area contributed by atoms with Gasteiger partial charge >= 0.3 is 5.97 Å². The van der Waals surface area contributed by atoms with Crippen LogP contribution in [0.4, 0.5) is 5.69 Å². The molecule has 0 aliphatic heterocycles. The summed E-state index contributed by atoms with van der Waals surface area (Å²) in [5, 5.41) is 3.36. The molecule has 0 bridgehead atoms. The van der Waals surface area contributed by atoms with Gasteiger partial charge in [0.2, 0.25) is 0 Å². The Morgan fingerprint density at radius 1 is 1.04 bits per heavy atom. The molecule has 0 aliphatic rings. The van der Waals surface area contributed by atoms with Gasteiger partial charge in [0.15, 0.2) is 6.61 Å². The molecule has 0 fully saturated rings. The van der Waals surface area contributed by atoms with Crippen molar-refractivity contribution in [2.24, 2.45) is 0 Å². The molecule has 0 aliphatic carbocycles. The van der Waals surface area contributed by atoms with E-state index in [9.17, 15) is 9.59 Å². The van der Waals surface area contributed by atoms with Crippen molar-refractivity contribution in [1.29, 1.82) is 0 Å². The van der Waals surface area contributed by atoms with Crippen molar-refractivity contribution in [3.63, 3.8) is 0 Å². The van der Waals surface area contributed by atoms with E-state index in [1.165, 1.54) is 18.2 Å². The number of aryl methyl sites for hydroxylation is 2. The van der Waals surface area contributed by atoms with E-state index in [4.69, 9.17) is 27.9 Å². The quantitative estimate of drug-likeness (QED) is 0.830. The van der Waals surface area contributed by atoms with E-state index in [-0.39, 0.29) is 5.56 Å². The average Bonchev–Trinajstić information content (AvgIpc) is 2.47. The third-order valence-electron chi connectivity index (χ3n) is 3.10. The molecule has 120 valence electrons. The van der Waals surface area contributed by atoms with Crippen LogP contribution < -0.4 is 5.32 Å². The first-order valence-corrected chi connectivity index (χ1v) is 7.61. The number of carbonyl (C=O) groups is 2. The van der Waals surface area contributed by atoms with Crippen molar-refractivity contribution in [3.05, 3.63) is 63.1 Å². The highest BCUT2D eigenvalue weighted by Crippen LogP contribution is 2.20. The van der Waals surface area contributed by atoms with Crippen molar-refractivity contribution in [2.45, 2.75) is 13.8 Å². The Hall–Kier alpha value is -2.04. The van der Waals surface area contributed by atoms with E-state index in [1.54, 1.807) is 0 Å². The zero-order valence-electron chi connectivity index (χ0n) is 12.7. The van der Waals surface area contributed by atoms with Gasteiger partial charge < -0.3 is 10.1 Å². The molecule has 0 atom stereocenters. The Bertz CT molecular complexity index is 739. The molecule has 0 spiro atoms. The SMILES string of the molecule is Cc1ccc(C)c(NC(=O)COC(=O)c2cc(Cl)cc(Cl)c2)c1. The second-order valence-corrected chi connectivity index (χ2v) is 5.97. The predicted octanol–water partition coefficient (Wildman–Crippen LogP) is 4.41. The summed E-state index contributed by atoms with van der Waals surface area (Å²) in [4.78, 5) is 23.8. The van der Waals surface area contributed by atoms with Gasteiger partial charge in [-0.15, -0.1) is 0 Å². The molecule has 1 N–H and O–H groups in total. The Kier molecular flexibility index (Phi) is 5.64. The van der Waals surface area contributed by atoms with Crippen LogP contribution in [0.3, 0.4) is 0 Å². The lowest BCUT2D eigenvalue weighted by molar-refractivity contribution is -0.119. The molecule has 2 aromatic carbocycles. The van der Waals surface area contributed by atoms with Crippen LogP contribution in [0.2, 0.25) is 10.0 Å². The van der Waals surface area contributed by atoms with E-state index in [0.29, 0.717) is 15.7 Å². The van der Waals surface area contributed by atoms with E-state index in [1.807, 2.05) is 32.0 Å². The van der Waals surface area contributed by atoms with Gasteiger partial charge in [0, 0.05) is 15.7 Å². The predicted molar refractivity (Wildman–Crippen MR) is 91.3 cm³/mol. The number of benzene rings is 2. The molecule has 1 amide bonds. The standard InChI is InChI=1S/C17H15Cl2NO3/c1-10-3-4-11(2)15(5-10)20-16(21)9-23-17(22)12-6-13(18)8-14(19)7-12/h3-8H,9H2,1-2H3,(H,20,21). The minimum atomic E-state index is -0.662. The molecule has 2 rings (SSSR count). The second kappa shape index (κ2) is 7.49. The highest BCUT2D eigenvalue weighted by atomic mass is 35.5. The van der Waals surface area contributed by atoms with Crippen molar-refractivity contribution in [3.8, 4) is 0 Å². The Balaban J connectivity index is 1.96. The first-order valence-electron chi connectivity index (χ1n) is 6.85. The molecule has 2 aromatic rings.